The monoisotopic (exact) mass is 385 g/mol. The molecule has 0 bridgehead atoms. The van der Waals surface area contributed by atoms with Gasteiger partial charge in [0.1, 0.15) is 12.1 Å². The minimum atomic E-state index is 0.0488. The molecule has 150 valence electrons. The summed E-state index contributed by atoms with van der Waals surface area (Å²) >= 11 is 0. The minimum Gasteiger partial charge on any atom is -0.467 e. The molecule has 0 N–H and O–H groups in total. The normalized spacial score (nSPS) is 18.3. The van der Waals surface area contributed by atoms with Gasteiger partial charge < -0.3 is 23.9 Å². The zero-order valence-corrected chi connectivity index (χ0v) is 16.3. The van der Waals surface area contributed by atoms with Gasteiger partial charge in [0, 0.05) is 39.1 Å². The van der Waals surface area contributed by atoms with Crippen molar-refractivity contribution in [3.63, 3.8) is 0 Å². The first-order valence-corrected chi connectivity index (χ1v) is 9.87. The Morgan fingerprint density at radius 1 is 1.21 bits per heavy atom. The lowest BCUT2D eigenvalue weighted by molar-refractivity contribution is -0.135. The molecule has 0 saturated carbocycles. The third kappa shape index (κ3) is 4.11. The molecule has 2 aliphatic rings. The molecule has 2 aromatic heterocycles. The highest BCUT2D eigenvalue weighted by molar-refractivity contribution is 5.79. The minimum absolute atomic E-state index is 0.0488. The van der Waals surface area contributed by atoms with Crippen LogP contribution < -0.4 is 9.80 Å². The number of furan rings is 1. The molecule has 28 heavy (non-hydrogen) atoms. The summed E-state index contributed by atoms with van der Waals surface area (Å²) in [5, 5.41) is 0. The molecule has 0 aliphatic carbocycles. The van der Waals surface area contributed by atoms with Gasteiger partial charge in [0.15, 0.2) is 5.82 Å². The van der Waals surface area contributed by atoms with Crippen molar-refractivity contribution < 1.29 is 13.9 Å². The second-order valence-corrected chi connectivity index (χ2v) is 7.37. The molecule has 4 rings (SSSR count). The van der Waals surface area contributed by atoms with Crippen molar-refractivity contribution in [2.45, 2.75) is 19.4 Å². The molecular weight excluding hydrogens is 358 g/mol. The van der Waals surface area contributed by atoms with E-state index < -0.39 is 0 Å². The van der Waals surface area contributed by atoms with Gasteiger partial charge in [-0.05, 0) is 25.0 Å². The van der Waals surface area contributed by atoms with E-state index in [9.17, 15) is 4.79 Å². The van der Waals surface area contributed by atoms with E-state index in [-0.39, 0.29) is 11.8 Å². The van der Waals surface area contributed by atoms with Crippen LogP contribution in [0, 0.1) is 5.92 Å². The number of anilines is 2. The van der Waals surface area contributed by atoms with Gasteiger partial charge >= 0.3 is 0 Å². The van der Waals surface area contributed by atoms with E-state index in [0.29, 0.717) is 6.54 Å². The summed E-state index contributed by atoms with van der Waals surface area (Å²) in [4.78, 5) is 27.9. The Kier molecular flexibility index (Phi) is 5.76. The largest absolute Gasteiger partial charge is 0.467 e. The quantitative estimate of drug-likeness (QED) is 0.777. The maximum Gasteiger partial charge on any atom is 0.225 e. The maximum atomic E-state index is 12.8. The zero-order chi connectivity index (χ0) is 19.3. The molecule has 2 fully saturated rings. The predicted molar refractivity (Wildman–Crippen MR) is 105 cm³/mol. The van der Waals surface area contributed by atoms with Crippen LogP contribution in [0.5, 0.6) is 0 Å². The summed E-state index contributed by atoms with van der Waals surface area (Å²) in [6, 6.07) is 3.75. The summed E-state index contributed by atoms with van der Waals surface area (Å²) in [6.45, 7) is 5.31. The van der Waals surface area contributed by atoms with Gasteiger partial charge in [0.2, 0.25) is 5.91 Å². The smallest absolute Gasteiger partial charge is 0.225 e. The molecule has 0 spiro atoms. The van der Waals surface area contributed by atoms with Gasteiger partial charge in [-0.25, -0.2) is 9.97 Å². The standard InChI is InChI=1S/C20H27N5O3/c1-23(14-17-3-2-10-28-17)20(26)16-4-6-24(7-5-16)18-13-21-15-22-19(18)25-8-11-27-12-9-25/h2-3,10,13,15-16H,4-9,11-12,14H2,1H3. The molecule has 0 unspecified atom stereocenters. The fourth-order valence-electron chi connectivity index (χ4n) is 3.95. The lowest BCUT2D eigenvalue weighted by Gasteiger charge is -2.37. The van der Waals surface area contributed by atoms with E-state index in [2.05, 4.69) is 19.8 Å². The first-order chi connectivity index (χ1) is 13.7. The highest BCUT2D eigenvalue weighted by Gasteiger charge is 2.29. The van der Waals surface area contributed by atoms with Crippen LogP contribution in [-0.2, 0) is 16.1 Å². The molecule has 2 aliphatic heterocycles. The second-order valence-electron chi connectivity index (χ2n) is 7.37. The van der Waals surface area contributed by atoms with Gasteiger partial charge in [0.05, 0.1) is 37.9 Å². The van der Waals surface area contributed by atoms with E-state index in [1.54, 1.807) is 17.5 Å². The van der Waals surface area contributed by atoms with Crippen molar-refractivity contribution >= 4 is 17.4 Å². The topological polar surface area (TPSA) is 74.9 Å². The van der Waals surface area contributed by atoms with Crippen molar-refractivity contribution in [2.75, 3.05) is 56.2 Å². The number of rotatable bonds is 5. The Balaban J connectivity index is 1.37. The van der Waals surface area contributed by atoms with Gasteiger partial charge in [-0.1, -0.05) is 0 Å². The van der Waals surface area contributed by atoms with E-state index in [4.69, 9.17) is 9.15 Å². The predicted octanol–water partition coefficient (Wildman–Crippen LogP) is 1.78. The number of carbonyl (C=O) groups is 1. The summed E-state index contributed by atoms with van der Waals surface area (Å²) in [5.41, 5.74) is 1.05. The van der Waals surface area contributed by atoms with Crippen molar-refractivity contribution in [1.82, 2.24) is 14.9 Å². The van der Waals surface area contributed by atoms with Crippen LogP contribution in [0.4, 0.5) is 11.5 Å². The van der Waals surface area contributed by atoms with Gasteiger partial charge in [-0.3, -0.25) is 4.79 Å². The van der Waals surface area contributed by atoms with Crippen LogP contribution in [0.2, 0.25) is 0 Å². The first-order valence-electron chi connectivity index (χ1n) is 9.87. The number of amides is 1. The highest BCUT2D eigenvalue weighted by Crippen LogP contribution is 2.31. The van der Waals surface area contributed by atoms with Gasteiger partial charge in [-0.15, -0.1) is 0 Å². The first kappa shape index (κ1) is 18.7. The Labute approximate surface area is 165 Å². The summed E-state index contributed by atoms with van der Waals surface area (Å²) < 4.78 is 10.8. The van der Waals surface area contributed by atoms with E-state index in [0.717, 1.165) is 69.5 Å². The Morgan fingerprint density at radius 3 is 2.71 bits per heavy atom. The molecular formula is C20H27N5O3. The van der Waals surface area contributed by atoms with Crippen molar-refractivity contribution in [3.05, 3.63) is 36.7 Å². The number of hydrogen-bond acceptors (Lipinski definition) is 7. The van der Waals surface area contributed by atoms with E-state index in [1.807, 2.05) is 25.4 Å². The van der Waals surface area contributed by atoms with Crippen LogP contribution in [0.25, 0.3) is 0 Å². The maximum absolute atomic E-state index is 12.8. The lowest BCUT2D eigenvalue weighted by Crippen LogP contribution is -2.42. The number of carbonyl (C=O) groups excluding carboxylic acids is 1. The van der Waals surface area contributed by atoms with E-state index >= 15 is 0 Å². The average molecular weight is 385 g/mol. The lowest BCUT2D eigenvalue weighted by atomic mass is 9.95. The molecule has 8 nitrogen and oxygen atoms in total. The van der Waals surface area contributed by atoms with Crippen LogP contribution in [0.1, 0.15) is 18.6 Å². The second kappa shape index (κ2) is 8.60. The fraction of sp³-hybridized carbons (Fsp3) is 0.550. The molecule has 2 aromatic rings. The van der Waals surface area contributed by atoms with Crippen LogP contribution in [0.3, 0.4) is 0 Å². The molecule has 2 saturated heterocycles. The average Bonchev–Trinajstić information content (AvgIpc) is 3.27. The third-order valence-electron chi connectivity index (χ3n) is 5.52. The van der Waals surface area contributed by atoms with Gasteiger partial charge in [0.25, 0.3) is 0 Å². The number of hydrogen-bond donors (Lipinski definition) is 0. The third-order valence-corrected chi connectivity index (χ3v) is 5.52. The Morgan fingerprint density at radius 2 is 2.00 bits per heavy atom. The number of ether oxygens (including phenoxy) is 1. The van der Waals surface area contributed by atoms with Crippen molar-refractivity contribution in [3.8, 4) is 0 Å². The zero-order valence-electron chi connectivity index (χ0n) is 16.3. The number of piperidine rings is 1. The van der Waals surface area contributed by atoms with Crippen LogP contribution in [-0.4, -0.2) is 67.2 Å². The molecule has 4 heterocycles. The number of aromatic nitrogens is 2. The SMILES string of the molecule is CN(Cc1ccco1)C(=O)C1CCN(c2cncnc2N2CCOCC2)CC1. The summed E-state index contributed by atoms with van der Waals surface area (Å²) in [7, 11) is 1.85. The summed E-state index contributed by atoms with van der Waals surface area (Å²) in [6.07, 6.45) is 6.80. The number of nitrogens with zero attached hydrogens (tertiary/aromatic N) is 5. The van der Waals surface area contributed by atoms with Crippen LogP contribution in [0.15, 0.2) is 35.3 Å². The van der Waals surface area contributed by atoms with E-state index in [1.165, 1.54) is 0 Å². The molecule has 8 heteroatoms. The van der Waals surface area contributed by atoms with Crippen molar-refractivity contribution in [1.29, 1.82) is 0 Å². The number of morpholine rings is 1. The van der Waals surface area contributed by atoms with Gasteiger partial charge in [-0.2, -0.15) is 0 Å². The molecule has 1 amide bonds. The van der Waals surface area contributed by atoms with Crippen LogP contribution >= 0.6 is 0 Å². The fourth-order valence-corrected chi connectivity index (χ4v) is 3.95. The van der Waals surface area contributed by atoms with Crippen molar-refractivity contribution in [2.24, 2.45) is 5.92 Å². The highest BCUT2D eigenvalue weighted by atomic mass is 16.5. The molecule has 0 radical (unpaired) electrons. The Bertz CT molecular complexity index is 768. The molecule has 0 aromatic carbocycles. The summed E-state index contributed by atoms with van der Waals surface area (Å²) in [5.74, 6) is 2.02. The molecule has 0 atom stereocenters. The Hall–Kier alpha value is -2.61.